The lowest BCUT2D eigenvalue weighted by Crippen LogP contribution is -2.55. The van der Waals surface area contributed by atoms with Gasteiger partial charge in [-0.15, -0.1) is 0 Å². The number of aromatic hydroxyl groups is 1. The number of amides is 1. The molecule has 4 saturated heterocycles. The quantitative estimate of drug-likeness (QED) is 0.345. The molecule has 3 aromatic rings. The van der Waals surface area contributed by atoms with Crippen LogP contribution in [-0.4, -0.2) is 92.3 Å². The predicted octanol–water partition coefficient (Wildman–Crippen LogP) is 5.39. The van der Waals surface area contributed by atoms with Gasteiger partial charge in [-0.3, -0.25) is 14.7 Å². The summed E-state index contributed by atoms with van der Waals surface area (Å²) in [5.74, 6) is -0.149. The van der Waals surface area contributed by atoms with Crippen molar-refractivity contribution in [1.82, 2.24) is 24.8 Å². The lowest BCUT2D eigenvalue weighted by molar-refractivity contribution is -0.129. The number of alkyl halides is 1. The number of hydrogen-bond acceptors (Lipinski definition) is 8. The summed E-state index contributed by atoms with van der Waals surface area (Å²) in [5.41, 5.74) is 0.893. The smallest absolute Gasteiger partial charge is 0.319 e. The third-order valence-electron chi connectivity index (χ3n) is 10.4. The highest BCUT2D eigenvalue weighted by Gasteiger charge is 2.49. The van der Waals surface area contributed by atoms with Crippen molar-refractivity contribution in [2.24, 2.45) is 0 Å². The standard InChI is InChI=1S/C33H35ClF2N6O3/c1-2-26(44)42-20-6-7-21(42)16-40(15-20)31-24-13-37-29(23-10-22(43)11-25(34)27(23)18-4-5-18)28(36)30(24)38-32(39-31)45-17-33-8-3-9-41(33)14-19(35)12-33/h2,10-11,13,18-21,43H,1,3-9,12,14-17H2/t19-,20-,21+,33+/m1/s1. The Morgan fingerprint density at radius 3 is 2.69 bits per heavy atom. The zero-order chi connectivity index (χ0) is 31.0. The molecule has 1 aliphatic carbocycles. The van der Waals surface area contributed by atoms with Crippen molar-refractivity contribution >= 4 is 34.2 Å². The molecule has 4 aliphatic heterocycles. The molecular weight excluding hydrogens is 602 g/mol. The number of phenolic OH excluding ortho intramolecular Hbond substituents is 1. The summed E-state index contributed by atoms with van der Waals surface area (Å²) in [7, 11) is 0. The van der Waals surface area contributed by atoms with Crippen molar-refractivity contribution in [3.05, 3.63) is 47.4 Å². The first-order valence-electron chi connectivity index (χ1n) is 15.9. The van der Waals surface area contributed by atoms with E-state index in [1.807, 2.05) is 4.90 Å². The van der Waals surface area contributed by atoms with Crippen LogP contribution in [0.1, 0.15) is 56.4 Å². The van der Waals surface area contributed by atoms with Gasteiger partial charge in [0.2, 0.25) is 5.91 Å². The second-order valence-electron chi connectivity index (χ2n) is 13.3. The van der Waals surface area contributed by atoms with E-state index in [9.17, 15) is 14.3 Å². The molecule has 0 unspecified atom stereocenters. The maximum absolute atomic E-state index is 16.7. The number of pyridine rings is 1. The Balaban J connectivity index is 1.22. The van der Waals surface area contributed by atoms with Crippen LogP contribution in [0, 0.1) is 5.82 Å². The summed E-state index contributed by atoms with van der Waals surface area (Å²) in [6.45, 7) is 6.12. The van der Waals surface area contributed by atoms with Crippen molar-refractivity contribution in [3.63, 3.8) is 0 Å². The normalized spacial score (nSPS) is 27.8. The lowest BCUT2D eigenvalue weighted by atomic mass is 9.95. The van der Waals surface area contributed by atoms with Crippen LogP contribution in [-0.2, 0) is 4.79 Å². The highest BCUT2D eigenvalue weighted by Crippen LogP contribution is 2.49. The molecule has 4 atom stereocenters. The number of fused-ring (bicyclic) bond motifs is 4. The maximum atomic E-state index is 16.7. The second kappa shape index (κ2) is 10.8. The Hall–Kier alpha value is -3.57. The summed E-state index contributed by atoms with van der Waals surface area (Å²) in [4.78, 5) is 32.7. The first-order valence-corrected chi connectivity index (χ1v) is 16.2. The van der Waals surface area contributed by atoms with E-state index in [0.717, 1.165) is 50.6 Å². The van der Waals surface area contributed by atoms with Crippen LogP contribution in [0.5, 0.6) is 11.8 Å². The van der Waals surface area contributed by atoms with Gasteiger partial charge in [-0.1, -0.05) is 18.2 Å². The van der Waals surface area contributed by atoms with Gasteiger partial charge in [-0.2, -0.15) is 9.97 Å². The van der Waals surface area contributed by atoms with Gasteiger partial charge in [0, 0.05) is 54.9 Å². The van der Waals surface area contributed by atoms with E-state index in [4.69, 9.17) is 21.3 Å². The topological polar surface area (TPSA) is 94.9 Å². The molecule has 0 spiro atoms. The number of ether oxygens (including phenoxy) is 1. The molecule has 5 fully saturated rings. The largest absolute Gasteiger partial charge is 0.508 e. The Labute approximate surface area is 264 Å². The van der Waals surface area contributed by atoms with Crippen LogP contribution >= 0.6 is 11.6 Å². The van der Waals surface area contributed by atoms with Gasteiger partial charge in [0.05, 0.1) is 10.9 Å². The van der Waals surface area contributed by atoms with Crippen LogP contribution in [0.3, 0.4) is 0 Å². The average molecular weight is 637 g/mol. The zero-order valence-corrected chi connectivity index (χ0v) is 25.6. The molecular formula is C33H35ClF2N6O3. The third-order valence-corrected chi connectivity index (χ3v) is 10.8. The first-order chi connectivity index (χ1) is 21.7. The Morgan fingerprint density at radius 2 is 1.96 bits per heavy atom. The van der Waals surface area contributed by atoms with Gasteiger partial charge in [0.1, 0.15) is 35.6 Å². The molecule has 1 aromatic carbocycles. The van der Waals surface area contributed by atoms with Gasteiger partial charge >= 0.3 is 6.01 Å². The van der Waals surface area contributed by atoms with Gasteiger partial charge in [0.15, 0.2) is 5.82 Å². The number of piperazine rings is 1. The van der Waals surface area contributed by atoms with E-state index >= 15 is 4.39 Å². The summed E-state index contributed by atoms with van der Waals surface area (Å²) in [5, 5.41) is 11.2. The minimum absolute atomic E-state index is 0.0189. The molecule has 5 aliphatic rings. The molecule has 45 heavy (non-hydrogen) atoms. The number of hydrogen-bond donors (Lipinski definition) is 1. The lowest BCUT2D eigenvalue weighted by Gasteiger charge is -2.41. The van der Waals surface area contributed by atoms with E-state index in [-0.39, 0.29) is 53.5 Å². The Morgan fingerprint density at radius 1 is 1.18 bits per heavy atom. The number of carbonyl (C=O) groups excluding carboxylic acids is 1. The molecule has 236 valence electrons. The Kier molecular flexibility index (Phi) is 6.90. The summed E-state index contributed by atoms with van der Waals surface area (Å²) in [6, 6.07) is 2.95. The van der Waals surface area contributed by atoms with Crippen LogP contribution in [0.4, 0.5) is 14.6 Å². The van der Waals surface area contributed by atoms with Crippen molar-refractivity contribution < 1.29 is 23.4 Å². The number of rotatable bonds is 7. The van der Waals surface area contributed by atoms with Crippen molar-refractivity contribution in [2.45, 2.75) is 74.7 Å². The van der Waals surface area contributed by atoms with Gasteiger partial charge in [-0.05, 0) is 74.8 Å². The predicted molar refractivity (Wildman–Crippen MR) is 166 cm³/mol. The second-order valence-corrected chi connectivity index (χ2v) is 13.7. The molecule has 1 N–H and O–H groups in total. The highest BCUT2D eigenvalue weighted by atomic mass is 35.5. The molecule has 8 rings (SSSR count). The van der Waals surface area contributed by atoms with Crippen LogP contribution in [0.2, 0.25) is 5.02 Å². The van der Waals surface area contributed by atoms with E-state index in [1.54, 1.807) is 6.20 Å². The van der Waals surface area contributed by atoms with Gasteiger partial charge in [-0.25, -0.2) is 8.78 Å². The molecule has 1 amide bonds. The Bertz CT molecular complexity index is 1710. The summed E-state index contributed by atoms with van der Waals surface area (Å²) in [6.07, 6.45) is 7.77. The number of halogens is 3. The third kappa shape index (κ3) is 4.81. The average Bonchev–Trinajstić information content (AvgIpc) is 3.63. The van der Waals surface area contributed by atoms with Gasteiger partial charge < -0.3 is 19.6 Å². The maximum Gasteiger partial charge on any atom is 0.319 e. The van der Waals surface area contributed by atoms with E-state index in [2.05, 4.69) is 26.3 Å². The molecule has 2 bridgehead atoms. The minimum Gasteiger partial charge on any atom is -0.508 e. The van der Waals surface area contributed by atoms with Crippen LogP contribution in [0.25, 0.3) is 22.2 Å². The van der Waals surface area contributed by atoms with E-state index < -0.39 is 17.5 Å². The van der Waals surface area contributed by atoms with E-state index in [0.29, 0.717) is 47.8 Å². The fourth-order valence-corrected chi connectivity index (χ4v) is 8.66. The molecule has 9 nitrogen and oxygen atoms in total. The molecule has 1 saturated carbocycles. The number of benzene rings is 1. The first kappa shape index (κ1) is 28.9. The monoisotopic (exact) mass is 636 g/mol. The number of aromatic nitrogens is 3. The van der Waals surface area contributed by atoms with E-state index in [1.165, 1.54) is 18.2 Å². The minimum atomic E-state index is -0.909. The molecule has 2 aromatic heterocycles. The molecule has 0 radical (unpaired) electrons. The summed E-state index contributed by atoms with van der Waals surface area (Å²) < 4.78 is 37.5. The van der Waals surface area contributed by atoms with Crippen molar-refractivity contribution in [1.29, 1.82) is 0 Å². The highest BCUT2D eigenvalue weighted by molar-refractivity contribution is 6.32. The zero-order valence-electron chi connectivity index (χ0n) is 24.9. The van der Waals surface area contributed by atoms with Crippen molar-refractivity contribution in [3.8, 4) is 23.0 Å². The van der Waals surface area contributed by atoms with Crippen LogP contribution in [0.15, 0.2) is 31.0 Å². The van der Waals surface area contributed by atoms with Gasteiger partial charge in [0.25, 0.3) is 0 Å². The fraction of sp³-hybridized carbons (Fsp3) is 0.515. The molecule has 6 heterocycles. The number of phenols is 1. The fourth-order valence-electron chi connectivity index (χ4n) is 8.29. The van der Waals surface area contributed by atoms with Crippen molar-refractivity contribution in [2.75, 3.05) is 37.7 Å². The SMILES string of the molecule is C=CC(=O)N1[C@@H]2CC[C@H]1CN(c1nc(OC[C@@]34CCCN3C[C@H](F)C4)nc3c(F)c(-c4cc(O)cc(Cl)c4C4CC4)ncc13)C2. The number of nitrogens with zero attached hydrogens (tertiary/aromatic N) is 6. The number of anilines is 1. The number of carbonyl (C=O) groups is 1. The summed E-state index contributed by atoms with van der Waals surface area (Å²) >= 11 is 6.55. The van der Waals surface area contributed by atoms with Crippen LogP contribution < -0.4 is 9.64 Å². The molecule has 12 heteroatoms.